The number of nitrogens with zero attached hydrogens (tertiary/aromatic N) is 1. The van der Waals surface area contributed by atoms with Crippen LogP contribution >= 0.6 is 0 Å². The molecule has 0 unspecified atom stereocenters. The molecule has 1 N–H and O–H groups in total. The van der Waals surface area contributed by atoms with Crippen LogP contribution < -0.4 is 0 Å². The molecule has 3 aromatic rings. The summed E-state index contributed by atoms with van der Waals surface area (Å²) >= 11 is 0. The molecule has 3 nitrogen and oxygen atoms in total. The van der Waals surface area contributed by atoms with Crippen molar-refractivity contribution in [3.8, 4) is 0 Å². The molecule has 32 heavy (non-hydrogen) atoms. The summed E-state index contributed by atoms with van der Waals surface area (Å²) in [4.78, 5) is 15.3. The van der Waals surface area contributed by atoms with E-state index in [2.05, 4.69) is 0 Å². The number of hydrogen-bond acceptors (Lipinski definition) is 3. The van der Waals surface area contributed by atoms with E-state index in [9.17, 15) is 23.1 Å². The number of carbonyl (C=O) groups is 1. The number of likely N-dealkylation sites (tertiary alicyclic amines) is 1. The number of hydrogen-bond donors (Lipinski definition) is 1. The molecule has 0 saturated carbocycles. The Morgan fingerprint density at radius 3 is 2.12 bits per heavy atom. The third kappa shape index (κ3) is 4.47. The van der Waals surface area contributed by atoms with Crippen molar-refractivity contribution in [2.75, 3.05) is 6.61 Å². The highest BCUT2D eigenvalue weighted by molar-refractivity contribution is 5.98. The zero-order chi connectivity index (χ0) is 22.7. The number of rotatable bonds is 6. The van der Waals surface area contributed by atoms with Crippen molar-refractivity contribution in [3.05, 3.63) is 107 Å². The van der Waals surface area contributed by atoms with E-state index < -0.39 is 29.7 Å². The smallest absolute Gasteiger partial charge is 0.395 e. The van der Waals surface area contributed by atoms with Gasteiger partial charge in [-0.1, -0.05) is 78.9 Å². The van der Waals surface area contributed by atoms with Crippen LogP contribution in [-0.4, -0.2) is 28.4 Å². The van der Waals surface area contributed by atoms with E-state index in [0.29, 0.717) is 12.1 Å². The lowest BCUT2D eigenvalue weighted by atomic mass is 9.84. The Kier molecular flexibility index (Phi) is 6.44. The number of halogens is 3. The van der Waals surface area contributed by atoms with Crippen molar-refractivity contribution in [3.63, 3.8) is 0 Å². The number of ketones is 1. The predicted octanol–water partition coefficient (Wildman–Crippen LogP) is 5.51. The molecule has 1 aliphatic heterocycles. The second-order valence-electron chi connectivity index (χ2n) is 8.10. The Labute approximate surface area is 185 Å². The molecule has 0 radical (unpaired) electrons. The molecular weight excluding hydrogens is 415 g/mol. The number of carbonyl (C=O) groups excluding carboxylic acids is 1. The Balaban J connectivity index is 1.82. The van der Waals surface area contributed by atoms with E-state index in [4.69, 9.17) is 0 Å². The summed E-state index contributed by atoms with van der Waals surface area (Å²) in [6.07, 6.45) is -4.26. The molecule has 1 fully saturated rings. The Morgan fingerprint density at radius 2 is 1.50 bits per heavy atom. The van der Waals surface area contributed by atoms with Gasteiger partial charge >= 0.3 is 6.18 Å². The fourth-order valence-electron chi connectivity index (χ4n) is 4.69. The van der Waals surface area contributed by atoms with Crippen LogP contribution in [0.5, 0.6) is 0 Å². The van der Waals surface area contributed by atoms with Crippen LogP contribution in [0.3, 0.4) is 0 Å². The standard InChI is InChI=1S/C26H24F3NO2/c27-26(28,29)23-14-8-7-13-21(23)24-22(25(32)19-11-5-2-6-12-19)15-20(17-31)30(24)16-18-9-3-1-4-10-18/h1-14,20,22,24,31H,15-17H2/t20-,22+,24+/m1/s1. The van der Waals surface area contributed by atoms with E-state index in [1.54, 1.807) is 36.4 Å². The van der Waals surface area contributed by atoms with Crippen molar-refractivity contribution in [2.24, 2.45) is 5.92 Å². The molecular formula is C26H24F3NO2. The van der Waals surface area contributed by atoms with E-state index in [-0.39, 0.29) is 24.4 Å². The Hall–Kier alpha value is -2.96. The van der Waals surface area contributed by atoms with Gasteiger partial charge in [0.25, 0.3) is 0 Å². The van der Waals surface area contributed by atoms with Gasteiger partial charge in [0.05, 0.1) is 12.2 Å². The lowest BCUT2D eigenvalue weighted by Gasteiger charge is -2.32. The SMILES string of the molecule is O=C(c1ccccc1)[C@H]1C[C@H](CO)N(Cc2ccccc2)[C@H]1c1ccccc1C(F)(F)F. The fourth-order valence-corrected chi connectivity index (χ4v) is 4.69. The molecule has 6 heteroatoms. The Bertz CT molecular complexity index is 1050. The monoisotopic (exact) mass is 439 g/mol. The summed E-state index contributed by atoms with van der Waals surface area (Å²) < 4.78 is 41.8. The number of aliphatic hydroxyl groups excluding tert-OH is 1. The minimum atomic E-state index is -4.55. The van der Waals surface area contributed by atoms with Crippen molar-refractivity contribution >= 4 is 5.78 Å². The number of alkyl halides is 3. The zero-order valence-electron chi connectivity index (χ0n) is 17.4. The molecule has 0 aliphatic carbocycles. The predicted molar refractivity (Wildman–Crippen MR) is 116 cm³/mol. The van der Waals surface area contributed by atoms with Crippen molar-refractivity contribution in [1.82, 2.24) is 4.90 Å². The molecule has 3 aromatic carbocycles. The first-order valence-corrected chi connectivity index (χ1v) is 10.6. The van der Waals surface area contributed by atoms with Gasteiger partial charge < -0.3 is 5.11 Å². The van der Waals surface area contributed by atoms with Gasteiger partial charge in [-0.25, -0.2) is 0 Å². The van der Waals surface area contributed by atoms with Gasteiger partial charge in [0.2, 0.25) is 0 Å². The maximum Gasteiger partial charge on any atom is 0.416 e. The van der Waals surface area contributed by atoms with Gasteiger partial charge in [0.1, 0.15) is 0 Å². The third-order valence-corrected chi connectivity index (χ3v) is 6.13. The normalized spacial score (nSPS) is 21.6. The summed E-state index contributed by atoms with van der Waals surface area (Å²) in [7, 11) is 0. The molecule has 0 amide bonds. The second-order valence-corrected chi connectivity index (χ2v) is 8.10. The Morgan fingerprint density at radius 1 is 0.906 bits per heavy atom. The number of aliphatic hydroxyl groups is 1. The molecule has 1 heterocycles. The van der Waals surface area contributed by atoms with Crippen LogP contribution in [0.15, 0.2) is 84.9 Å². The van der Waals surface area contributed by atoms with Gasteiger partial charge in [0, 0.05) is 30.1 Å². The maximum atomic E-state index is 13.9. The largest absolute Gasteiger partial charge is 0.416 e. The summed E-state index contributed by atoms with van der Waals surface area (Å²) in [6, 6.07) is 22.2. The quantitative estimate of drug-likeness (QED) is 0.515. The first-order chi connectivity index (χ1) is 15.4. The molecule has 1 saturated heterocycles. The van der Waals surface area contributed by atoms with Gasteiger partial charge in [-0.15, -0.1) is 0 Å². The first kappa shape index (κ1) is 22.2. The highest BCUT2D eigenvalue weighted by atomic mass is 19.4. The number of Topliss-reactive ketones (excluding diaryl/α,β-unsaturated/α-hetero) is 1. The first-order valence-electron chi connectivity index (χ1n) is 10.6. The summed E-state index contributed by atoms with van der Waals surface area (Å²) in [5.74, 6) is -0.914. The fraction of sp³-hybridized carbons (Fsp3) is 0.269. The van der Waals surface area contributed by atoms with Gasteiger partial charge in [0.15, 0.2) is 5.78 Å². The van der Waals surface area contributed by atoms with Crippen LogP contribution in [0.25, 0.3) is 0 Å². The van der Waals surface area contributed by atoms with Crippen LogP contribution in [0.1, 0.15) is 39.5 Å². The topological polar surface area (TPSA) is 40.5 Å². The summed E-state index contributed by atoms with van der Waals surface area (Å²) in [6.45, 7) is 0.0948. The van der Waals surface area contributed by atoms with Gasteiger partial charge in [-0.3, -0.25) is 9.69 Å². The molecule has 1 aliphatic rings. The lowest BCUT2D eigenvalue weighted by molar-refractivity contribution is -0.138. The van der Waals surface area contributed by atoms with Crippen LogP contribution in [-0.2, 0) is 12.7 Å². The molecule has 0 bridgehead atoms. The lowest BCUT2D eigenvalue weighted by Crippen LogP contribution is -2.35. The highest BCUT2D eigenvalue weighted by Gasteiger charge is 2.48. The second kappa shape index (κ2) is 9.27. The maximum absolute atomic E-state index is 13.9. The molecule has 4 rings (SSSR count). The zero-order valence-corrected chi connectivity index (χ0v) is 17.4. The highest BCUT2D eigenvalue weighted by Crippen LogP contribution is 2.47. The molecule has 3 atom stereocenters. The number of benzene rings is 3. The van der Waals surface area contributed by atoms with E-state index >= 15 is 0 Å². The molecule has 0 aromatic heterocycles. The van der Waals surface area contributed by atoms with Gasteiger partial charge in [-0.05, 0) is 23.6 Å². The molecule has 0 spiro atoms. The third-order valence-electron chi connectivity index (χ3n) is 6.13. The average Bonchev–Trinajstić information content (AvgIpc) is 3.17. The van der Waals surface area contributed by atoms with Crippen molar-refractivity contribution < 1.29 is 23.1 Å². The van der Waals surface area contributed by atoms with Crippen LogP contribution in [0.4, 0.5) is 13.2 Å². The van der Waals surface area contributed by atoms with Crippen molar-refractivity contribution in [1.29, 1.82) is 0 Å². The van der Waals surface area contributed by atoms with E-state index in [0.717, 1.165) is 11.6 Å². The minimum absolute atomic E-state index is 0.0705. The summed E-state index contributed by atoms with van der Waals surface area (Å²) in [5.41, 5.74) is 0.701. The minimum Gasteiger partial charge on any atom is -0.395 e. The van der Waals surface area contributed by atoms with E-state index in [1.807, 2.05) is 35.2 Å². The van der Waals surface area contributed by atoms with Crippen LogP contribution in [0.2, 0.25) is 0 Å². The average molecular weight is 439 g/mol. The van der Waals surface area contributed by atoms with Gasteiger partial charge in [-0.2, -0.15) is 13.2 Å². The van der Waals surface area contributed by atoms with E-state index in [1.165, 1.54) is 12.1 Å². The van der Waals surface area contributed by atoms with Crippen molar-refractivity contribution in [2.45, 2.75) is 31.2 Å². The molecule has 166 valence electrons. The summed E-state index contributed by atoms with van der Waals surface area (Å²) in [5, 5.41) is 10.1. The van der Waals surface area contributed by atoms with Crippen LogP contribution in [0, 0.1) is 5.92 Å².